The predicted molar refractivity (Wildman–Crippen MR) is 74.9 cm³/mol. The van der Waals surface area contributed by atoms with Gasteiger partial charge in [0.05, 0.1) is 12.3 Å². The van der Waals surface area contributed by atoms with E-state index >= 15 is 0 Å². The van der Waals surface area contributed by atoms with E-state index in [0.717, 1.165) is 18.4 Å². The molecule has 2 rings (SSSR count). The first-order valence-corrected chi connectivity index (χ1v) is 8.03. The minimum atomic E-state index is -3.27. The summed E-state index contributed by atoms with van der Waals surface area (Å²) in [6, 6.07) is 3.67. The average Bonchev–Trinajstić information content (AvgIpc) is 3.21. The van der Waals surface area contributed by atoms with Gasteiger partial charge in [-0.3, -0.25) is 4.98 Å². The molecule has 0 saturated heterocycles. The summed E-state index contributed by atoms with van der Waals surface area (Å²) >= 11 is 0. The molecule has 1 saturated carbocycles. The Kier molecular flexibility index (Phi) is 4.56. The van der Waals surface area contributed by atoms with Crippen LogP contribution in [0.2, 0.25) is 0 Å². The summed E-state index contributed by atoms with van der Waals surface area (Å²) in [6.45, 7) is 0.748. The van der Waals surface area contributed by atoms with Gasteiger partial charge in [-0.05, 0) is 42.9 Å². The van der Waals surface area contributed by atoms with E-state index in [1.807, 2.05) is 12.1 Å². The van der Waals surface area contributed by atoms with Gasteiger partial charge in [-0.1, -0.05) is 5.92 Å². The standard InChI is InChI=1S/C14H18N2O2S/c1-2-10-16(12-14-3-4-14)19(17,18)11-7-13-5-8-15-9-6-13/h1,5-6,8-9,14H,3-4,7,10-12H2. The van der Waals surface area contributed by atoms with Crippen LogP contribution in [-0.2, 0) is 16.4 Å². The summed E-state index contributed by atoms with van der Waals surface area (Å²) in [5.74, 6) is 3.05. The zero-order chi connectivity index (χ0) is 13.7. The van der Waals surface area contributed by atoms with E-state index in [0.29, 0.717) is 18.9 Å². The van der Waals surface area contributed by atoms with Crippen LogP contribution in [0.5, 0.6) is 0 Å². The van der Waals surface area contributed by atoms with Gasteiger partial charge in [-0.15, -0.1) is 6.42 Å². The lowest BCUT2D eigenvalue weighted by molar-refractivity contribution is 0.430. The molecule has 1 heterocycles. The highest BCUT2D eigenvalue weighted by atomic mass is 32.2. The van der Waals surface area contributed by atoms with Crippen LogP contribution in [0.3, 0.4) is 0 Å². The molecule has 0 aliphatic heterocycles. The van der Waals surface area contributed by atoms with Crippen LogP contribution in [0, 0.1) is 18.3 Å². The molecule has 1 aromatic heterocycles. The molecule has 19 heavy (non-hydrogen) atoms. The number of nitrogens with zero attached hydrogens (tertiary/aromatic N) is 2. The molecule has 1 aromatic rings. The van der Waals surface area contributed by atoms with E-state index in [-0.39, 0.29) is 12.3 Å². The fourth-order valence-corrected chi connectivity index (χ4v) is 3.35. The van der Waals surface area contributed by atoms with Crippen molar-refractivity contribution in [1.82, 2.24) is 9.29 Å². The quantitative estimate of drug-likeness (QED) is 0.706. The molecular formula is C14H18N2O2S. The van der Waals surface area contributed by atoms with Crippen molar-refractivity contribution in [3.63, 3.8) is 0 Å². The SMILES string of the molecule is C#CCN(CC1CC1)S(=O)(=O)CCc1ccncc1. The molecule has 0 aromatic carbocycles. The first kappa shape index (κ1) is 14.0. The highest BCUT2D eigenvalue weighted by Crippen LogP contribution is 2.30. The number of rotatable bonds is 7. The van der Waals surface area contributed by atoms with Crippen molar-refractivity contribution >= 4 is 10.0 Å². The number of hydrogen-bond acceptors (Lipinski definition) is 3. The van der Waals surface area contributed by atoms with Crippen LogP contribution in [0.25, 0.3) is 0 Å². The van der Waals surface area contributed by atoms with Crippen LogP contribution in [0.4, 0.5) is 0 Å². The van der Waals surface area contributed by atoms with E-state index in [4.69, 9.17) is 6.42 Å². The van der Waals surface area contributed by atoms with Crippen molar-refractivity contribution in [2.45, 2.75) is 19.3 Å². The smallest absolute Gasteiger partial charge is 0.215 e. The molecule has 0 bridgehead atoms. The molecule has 5 heteroatoms. The third-order valence-corrected chi connectivity index (χ3v) is 5.00. The molecule has 1 aliphatic carbocycles. The molecule has 0 radical (unpaired) electrons. The van der Waals surface area contributed by atoms with Crippen LogP contribution in [-0.4, -0.2) is 36.5 Å². The maximum atomic E-state index is 12.3. The maximum absolute atomic E-state index is 12.3. The van der Waals surface area contributed by atoms with Crippen molar-refractivity contribution in [2.75, 3.05) is 18.8 Å². The third kappa shape index (κ3) is 4.34. The second-order valence-corrected chi connectivity index (χ2v) is 6.95. The van der Waals surface area contributed by atoms with E-state index in [2.05, 4.69) is 10.9 Å². The predicted octanol–water partition coefficient (Wildman–Crippen LogP) is 1.30. The summed E-state index contributed by atoms with van der Waals surface area (Å²) in [5, 5.41) is 0. The molecule has 0 amide bonds. The van der Waals surface area contributed by atoms with Gasteiger partial charge in [-0.2, -0.15) is 4.31 Å². The van der Waals surface area contributed by atoms with Crippen molar-refractivity contribution in [3.8, 4) is 12.3 Å². The first-order chi connectivity index (χ1) is 9.12. The van der Waals surface area contributed by atoms with Gasteiger partial charge < -0.3 is 0 Å². The average molecular weight is 278 g/mol. The second kappa shape index (κ2) is 6.18. The third-order valence-electron chi connectivity index (χ3n) is 3.22. The van der Waals surface area contributed by atoms with E-state index < -0.39 is 10.0 Å². The van der Waals surface area contributed by atoms with Crippen molar-refractivity contribution in [2.24, 2.45) is 5.92 Å². The summed E-state index contributed by atoms with van der Waals surface area (Å²) in [7, 11) is -3.27. The molecule has 102 valence electrons. The van der Waals surface area contributed by atoms with Crippen molar-refractivity contribution in [1.29, 1.82) is 0 Å². The van der Waals surface area contributed by atoms with Crippen molar-refractivity contribution < 1.29 is 8.42 Å². The fourth-order valence-electron chi connectivity index (χ4n) is 1.89. The Hall–Kier alpha value is -1.38. The van der Waals surface area contributed by atoms with Gasteiger partial charge in [-0.25, -0.2) is 8.42 Å². The minimum Gasteiger partial charge on any atom is -0.265 e. The molecule has 1 aliphatic rings. The van der Waals surface area contributed by atoms with Crippen LogP contribution in [0.1, 0.15) is 18.4 Å². The molecule has 4 nitrogen and oxygen atoms in total. The number of pyridine rings is 1. The Morgan fingerprint density at radius 3 is 2.63 bits per heavy atom. The van der Waals surface area contributed by atoms with E-state index in [1.54, 1.807) is 12.4 Å². The Balaban J connectivity index is 1.96. The van der Waals surface area contributed by atoms with Gasteiger partial charge in [0.15, 0.2) is 0 Å². The fraction of sp³-hybridized carbons (Fsp3) is 0.500. The van der Waals surface area contributed by atoms with Crippen LogP contribution < -0.4 is 0 Å². The summed E-state index contributed by atoms with van der Waals surface area (Å²) in [5.41, 5.74) is 0.977. The van der Waals surface area contributed by atoms with E-state index in [1.165, 1.54) is 4.31 Å². The number of hydrogen-bond donors (Lipinski definition) is 0. The number of terminal acetylenes is 1. The zero-order valence-electron chi connectivity index (χ0n) is 10.8. The molecule has 0 N–H and O–H groups in total. The highest BCUT2D eigenvalue weighted by molar-refractivity contribution is 7.89. The van der Waals surface area contributed by atoms with E-state index in [9.17, 15) is 8.42 Å². The summed E-state index contributed by atoms with van der Waals surface area (Å²) in [4.78, 5) is 3.92. The van der Waals surface area contributed by atoms with Gasteiger partial charge in [0.25, 0.3) is 0 Å². The zero-order valence-corrected chi connectivity index (χ0v) is 11.6. The Morgan fingerprint density at radius 2 is 2.05 bits per heavy atom. The van der Waals surface area contributed by atoms with Gasteiger partial charge in [0.2, 0.25) is 10.0 Å². The molecule has 0 atom stereocenters. The largest absolute Gasteiger partial charge is 0.265 e. The molecule has 0 unspecified atom stereocenters. The number of aryl methyl sites for hydroxylation is 1. The monoisotopic (exact) mass is 278 g/mol. The highest BCUT2D eigenvalue weighted by Gasteiger charge is 2.29. The van der Waals surface area contributed by atoms with Gasteiger partial charge >= 0.3 is 0 Å². The lowest BCUT2D eigenvalue weighted by Gasteiger charge is -2.19. The molecule has 0 spiro atoms. The normalized spacial score (nSPS) is 15.4. The van der Waals surface area contributed by atoms with Crippen molar-refractivity contribution in [3.05, 3.63) is 30.1 Å². The second-order valence-electron chi connectivity index (χ2n) is 4.86. The Morgan fingerprint density at radius 1 is 1.37 bits per heavy atom. The van der Waals surface area contributed by atoms with Crippen LogP contribution in [0.15, 0.2) is 24.5 Å². The minimum absolute atomic E-state index is 0.103. The molecular weight excluding hydrogens is 260 g/mol. The lowest BCUT2D eigenvalue weighted by atomic mass is 10.2. The van der Waals surface area contributed by atoms with Crippen LogP contribution >= 0.6 is 0 Å². The number of sulfonamides is 1. The topological polar surface area (TPSA) is 50.3 Å². The lowest BCUT2D eigenvalue weighted by Crippen LogP contribution is -2.35. The Bertz CT molecular complexity index is 545. The number of aromatic nitrogens is 1. The van der Waals surface area contributed by atoms with Gasteiger partial charge in [0.1, 0.15) is 0 Å². The maximum Gasteiger partial charge on any atom is 0.215 e. The first-order valence-electron chi connectivity index (χ1n) is 6.42. The van der Waals surface area contributed by atoms with Gasteiger partial charge in [0, 0.05) is 18.9 Å². The summed E-state index contributed by atoms with van der Waals surface area (Å²) < 4.78 is 26.0. The summed E-state index contributed by atoms with van der Waals surface area (Å²) in [6.07, 6.45) is 11.3. The molecule has 1 fully saturated rings. The Labute approximate surface area is 114 Å².